The normalized spacial score (nSPS) is 22.5. The van der Waals surface area contributed by atoms with Gasteiger partial charge in [0.2, 0.25) is 0 Å². The van der Waals surface area contributed by atoms with Crippen molar-refractivity contribution in [2.45, 2.75) is 38.4 Å². The molecule has 1 fully saturated rings. The zero-order valence-corrected chi connectivity index (χ0v) is 10.9. The summed E-state index contributed by atoms with van der Waals surface area (Å²) in [6.45, 7) is 6.27. The first kappa shape index (κ1) is 14.4. The van der Waals surface area contributed by atoms with Gasteiger partial charge in [0, 0.05) is 19.6 Å². The summed E-state index contributed by atoms with van der Waals surface area (Å²) < 4.78 is 10.0. The number of methoxy groups -OCH3 is 1. The Morgan fingerprint density at radius 1 is 1.53 bits per heavy atom. The van der Waals surface area contributed by atoms with Crippen molar-refractivity contribution in [2.75, 3.05) is 33.4 Å². The second-order valence-electron chi connectivity index (χ2n) is 4.55. The number of hydrogen-bond acceptors (Lipinski definition) is 5. The van der Waals surface area contributed by atoms with E-state index in [0.717, 1.165) is 6.54 Å². The third-order valence-electron chi connectivity index (χ3n) is 3.45. The molecule has 0 bridgehead atoms. The van der Waals surface area contributed by atoms with Gasteiger partial charge in [-0.2, -0.15) is 0 Å². The van der Waals surface area contributed by atoms with Gasteiger partial charge in [-0.3, -0.25) is 4.90 Å². The maximum atomic E-state index is 11.4. The Kier molecular flexibility index (Phi) is 5.36. The quantitative estimate of drug-likeness (QED) is 0.711. The molecule has 0 aromatic carbocycles. The van der Waals surface area contributed by atoms with E-state index in [2.05, 4.69) is 9.64 Å². The first-order valence-corrected chi connectivity index (χ1v) is 6.18. The molecule has 100 valence electrons. The lowest BCUT2D eigenvalue weighted by atomic mass is 9.96. The van der Waals surface area contributed by atoms with E-state index >= 15 is 0 Å². The molecule has 1 atom stereocenters. The lowest BCUT2D eigenvalue weighted by Crippen LogP contribution is -2.51. The molecule has 1 rings (SSSR count). The highest BCUT2D eigenvalue weighted by molar-refractivity contribution is 5.74. The molecule has 0 spiro atoms. The molecule has 0 aromatic rings. The molecule has 5 nitrogen and oxygen atoms in total. The van der Waals surface area contributed by atoms with Crippen LogP contribution < -0.4 is 0 Å². The molecule has 0 aromatic heterocycles. The van der Waals surface area contributed by atoms with Gasteiger partial charge in [0.25, 0.3) is 0 Å². The fourth-order valence-electron chi connectivity index (χ4n) is 2.01. The Bertz CT molecular complexity index is 253. The van der Waals surface area contributed by atoms with Crippen molar-refractivity contribution < 1.29 is 19.4 Å². The molecule has 0 aliphatic carbocycles. The number of ether oxygens (including phenoxy) is 2. The van der Waals surface area contributed by atoms with Gasteiger partial charge >= 0.3 is 5.97 Å². The highest BCUT2D eigenvalue weighted by Gasteiger charge is 2.32. The highest BCUT2D eigenvalue weighted by Crippen LogP contribution is 2.18. The van der Waals surface area contributed by atoms with E-state index in [9.17, 15) is 9.90 Å². The van der Waals surface area contributed by atoms with Crippen LogP contribution in [0.2, 0.25) is 0 Å². The number of esters is 1. The van der Waals surface area contributed by atoms with E-state index in [1.165, 1.54) is 7.11 Å². The number of β-amino-alcohol motifs (C(OH)–C–C–N with tert-alkyl or cyclic N) is 1. The van der Waals surface area contributed by atoms with E-state index in [1.807, 2.05) is 13.8 Å². The first-order valence-electron chi connectivity index (χ1n) is 6.18. The number of hydrogen-bond donors (Lipinski definition) is 1. The summed E-state index contributed by atoms with van der Waals surface area (Å²) in [6, 6.07) is 0. The summed E-state index contributed by atoms with van der Waals surface area (Å²) in [5, 5.41) is 10.3. The molecule has 17 heavy (non-hydrogen) atoms. The molecule has 5 heteroatoms. The Morgan fingerprint density at radius 2 is 2.18 bits per heavy atom. The predicted octanol–water partition coefficient (Wildman–Crippen LogP) is 0.411. The van der Waals surface area contributed by atoms with Crippen LogP contribution in [0.4, 0.5) is 0 Å². The van der Waals surface area contributed by atoms with Crippen molar-refractivity contribution in [3.63, 3.8) is 0 Å². The lowest BCUT2D eigenvalue weighted by molar-refractivity contribution is -0.161. The molecule has 0 saturated carbocycles. The minimum atomic E-state index is -0.669. The summed E-state index contributed by atoms with van der Waals surface area (Å²) in [5.74, 6) is -0.341. The van der Waals surface area contributed by atoms with Crippen LogP contribution in [-0.4, -0.2) is 61.0 Å². The van der Waals surface area contributed by atoms with Gasteiger partial charge in [-0.25, -0.2) is 4.79 Å². The number of nitrogens with zero attached hydrogens (tertiary/aromatic N) is 1. The summed E-state index contributed by atoms with van der Waals surface area (Å²) in [4.78, 5) is 13.4. The summed E-state index contributed by atoms with van der Waals surface area (Å²) >= 11 is 0. The van der Waals surface area contributed by atoms with Gasteiger partial charge in [0.05, 0.1) is 19.3 Å². The molecular weight excluding hydrogens is 222 g/mol. The van der Waals surface area contributed by atoms with Crippen LogP contribution >= 0.6 is 0 Å². The SMILES string of the molecule is CCC(O)(CC)CN1CCOC(C(=O)OC)C1. The standard InChI is InChI=1S/C12H23NO4/c1-4-12(15,5-2)9-13-6-7-17-10(8-13)11(14)16-3/h10,15H,4-9H2,1-3H3. The molecule has 0 radical (unpaired) electrons. The second-order valence-corrected chi connectivity index (χ2v) is 4.55. The number of carbonyl (C=O) groups is 1. The maximum Gasteiger partial charge on any atom is 0.336 e. The van der Waals surface area contributed by atoms with Crippen LogP contribution in [0.15, 0.2) is 0 Å². The molecule has 1 unspecified atom stereocenters. The van der Waals surface area contributed by atoms with Gasteiger partial charge in [0.1, 0.15) is 0 Å². The highest BCUT2D eigenvalue weighted by atomic mass is 16.6. The first-order chi connectivity index (χ1) is 8.04. The van der Waals surface area contributed by atoms with E-state index in [1.54, 1.807) is 0 Å². The molecule has 1 aliphatic rings. The minimum absolute atomic E-state index is 0.341. The Balaban J connectivity index is 2.52. The van der Waals surface area contributed by atoms with Crippen molar-refractivity contribution >= 4 is 5.97 Å². The summed E-state index contributed by atoms with van der Waals surface area (Å²) in [7, 11) is 1.36. The number of rotatable bonds is 5. The van der Waals surface area contributed by atoms with E-state index in [-0.39, 0.29) is 5.97 Å². The molecule has 1 saturated heterocycles. The maximum absolute atomic E-state index is 11.4. The smallest absolute Gasteiger partial charge is 0.336 e. The fraction of sp³-hybridized carbons (Fsp3) is 0.917. The van der Waals surface area contributed by atoms with Gasteiger partial charge in [-0.15, -0.1) is 0 Å². The third-order valence-corrected chi connectivity index (χ3v) is 3.45. The largest absolute Gasteiger partial charge is 0.467 e. The van der Waals surface area contributed by atoms with Crippen LogP contribution in [-0.2, 0) is 14.3 Å². The summed E-state index contributed by atoms with van der Waals surface area (Å²) in [5.41, 5.74) is -0.669. The Labute approximate surface area is 103 Å². The van der Waals surface area contributed by atoms with E-state index < -0.39 is 11.7 Å². The monoisotopic (exact) mass is 245 g/mol. The molecule has 1 heterocycles. The van der Waals surface area contributed by atoms with Gasteiger partial charge in [-0.05, 0) is 12.8 Å². The average Bonchev–Trinajstić information content (AvgIpc) is 2.38. The third kappa shape index (κ3) is 3.94. The van der Waals surface area contributed by atoms with Crippen molar-refractivity contribution in [3.05, 3.63) is 0 Å². The van der Waals surface area contributed by atoms with Crippen LogP contribution in [0.3, 0.4) is 0 Å². The number of carbonyl (C=O) groups excluding carboxylic acids is 1. The van der Waals surface area contributed by atoms with E-state index in [4.69, 9.17) is 4.74 Å². The molecule has 1 aliphatic heterocycles. The summed E-state index contributed by atoms with van der Waals surface area (Å²) in [6.07, 6.45) is 0.903. The minimum Gasteiger partial charge on any atom is -0.467 e. The van der Waals surface area contributed by atoms with Crippen LogP contribution in [0, 0.1) is 0 Å². The predicted molar refractivity (Wildman–Crippen MR) is 63.7 cm³/mol. The van der Waals surface area contributed by atoms with Crippen molar-refractivity contribution in [1.29, 1.82) is 0 Å². The van der Waals surface area contributed by atoms with Gasteiger partial charge < -0.3 is 14.6 Å². The number of morpholine rings is 1. The van der Waals surface area contributed by atoms with Crippen LogP contribution in [0.5, 0.6) is 0 Å². The zero-order valence-electron chi connectivity index (χ0n) is 10.9. The average molecular weight is 245 g/mol. The number of aliphatic hydroxyl groups is 1. The van der Waals surface area contributed by atoms with Gasteiger partial charge in [0.15, 0.2) is 6.10 Å². The molecule has 1 N–H and O–H groups in total. The van der Waals surface area contributed by atoms with Gasteiger partial charge in [-0.1, -0.05) is 13.8 Å². The topological polar surface area (TPSA) is 59.0 Å². The van der Waals surface area contributed by atoms with Crippen molar-refractivity contribution in [2.24, 2.45) is 0 Å². The second kappa shape index (κ2) is 6.33. The zero-order chi connectivity index (χ0) is 12.9. The fourth-order valence-corrected chi connectivity index (χ4v) is 2.01. The Hall–Kier alpha value is -0.650. The Morgan fingerprint density at radius 3 is 2.71 bits per heavy atom. The molecule has 0 amide bonds. The van der Waals surface area contributed by atoms with Crippen LogP contribution in [0.25, 0.3) is 0 Å². The van der Waals surface area contributed by atoms with Crippen molar-refractivity contribution in [1.82, 2.24) is 4.90 Å². The van der Waals surface area contributed by atoms with E-state index in [0.29, 0.717) is 32.5 Å². The molecular formula is C12H23NO4. The van der Waals surface area contributed by atoms with Crippen molar-refractivity contribution in [3.8, 4) is 0 Å². The van der Waals surface area contributed by atoms with Crippen LogP contribution in [0.1, 0.15) is 26.7 Å². The lowest BCUT2D eigenvalue weighted by Gasteiger charge is -2.37.